The summed E-state index contributed by atoms with van der Waals surface area (Å²) in [6.07, 6.45) is 2.67. The van der Waals surface area contributed by atoms with Crippen LogP contribution in [0, 0.1) is 6.92 Å². The first-order chi connectivity index (χ1) is 12.0. The van der Waals surface area contributed by atoms with E-state index >= 15 is 0 Å². The summed E-state index contributed by atoms with van der Waals surface area (Å²) in [6.45, 7) is 1.72. The Morgan fingerprint density at radius 2 is 1.96 bits per heavy atom. The van der Waals surface area contributed by atoms with Gasteiger partial charge in [0.1, 0.15) is 5.82 Å². The zero-order valence-corrected chi connectivity index (χ0v) is 13.7. The molecule has 130 valence electrons. The minimum absolute atomic E-state index is 0.114. The Kier molecular flexibility index (Phi) is 3.57. The van der Waals surface area contributed by atoms with E-state index < -0.39 is 11.5 Å². The van der Waals surface area contributed by atoms with E-state index in [4.69, 9.17) is 0 Å². The fourth-order valence-corrected chi connectivity index (χ4v) is 3.67. The summed E-state index contributed by atoms with van der Waals surface area (Å²) in [5.41, 5.74) is 1.68. The maximum Gasteiger partial charge on any atom is 0.336 e. The second kappa shape index (κ2) is 5.66. The molecule has 0 aliphatic heterocycles. The smallest absolute Gasteiger partial charge is 0.336 e. The average Bonchev–Trinajstić information content (AvgIpc) is 3.01. The Labute approximate surface area is 142 Å². The lowest BCUT2D eigenvalue weighted by Crippen LogP contribution is -2.19. The number of fused-ring (bicyclic) bond motifs is 3. The number of aliphatic hydroxyl groups excluding tert-OH is 1. The van der Waals surface area contributed by atoms with E-state index in [9.17, 15) is 19.8 Å². The Bertz CT molecular complexity index is 1040. The number of carbonyl (C=O) groups is 1. The zero-order chi connectivity index (χ0) is 17.7. The number of hydrogen-bond donors (Lipinski definition) is 3. The van der Waals surface area contributed by atoms with Crippen molar-refractivity contribution in [2.24, 2.45) is 0 Å². The van der Waals surface area contributed by atoms with E-state index in [0.29, 0.717) is 35.3 Å². The molecule has 0 radical (unpaired) electrons. The number of aromatic carboxylic acids is 1. The van der Waals surface area contributed by atoms with Crippen molar-refractivity contribution in [3.05, 3.63) is 39.4 Å². The van der Waals surface area contributed by atoms with Crippen LogP contribution in [-0.2, 0) is 0 Å². The van der Waals surface area contributed by atoms with Crippen molar-refractivity contribution in [2.45, 2.75) is 44.6 Å². The summed E-state index contributed by atoms with van der Waals surface area (Å²) >= 11 is 0. The average molecular weight is 342 g/mol. The largest absolute Gasteiger partial charge is 0.478 e. The zero-order valence-electron chi connectivity index (χ0n) is 13.7. The van der Waals surface area contributed by atoms with Crippen LogP contribution >= 0.6 is 0 Å². The fourth-order valence-electron chi connectivity index (χ4n) is 3.67. The Morgan fingerprint density at radius 3 is 2.64 bits per heavy atom. The molecule has 4 rings (SSSR count). The first-order valence-corrected chi connectivity index (χ1v) is 8.28. The van der Waals surface area contributed by atoms with Crippen LogP contribution in [0.1, 0.15) is 53.3 Å². The molecule has 2 aromatic heterocycles. The van der Waals surface area contributed by atoms with Gasteiger partial charge in [0.2, 0.25) is 5.65 Å². The molecular formula is C17H18N4O4. The number of carboxylic acids is 1. The lowest BCUT2D eigenvalue weighted by atomic mass is 9.87. The van der Waals surface area contributed by atoms with Crippen LogP contribution < -0.4 is 5.56 Å². The molecule has 0 unspecified atom stereocenters. The minimum atomic E-state index is -1.04. The summed E-state index contributed by atoms with van der Waals surface area (Å²) in [5.74, 6) is -0.228. The molecule has 0 amide bonds. The van der Waals surface area contributed by atoms with Crippen LogP contribution in [0.15, 0.2) is 16.9 Å². The van der Waals surface area contributed by atoms with Crippen molar-refractivity contribution in [1.82, 2.24) is 19.6 Å². The number of nitrogens with zero attached hydrogens (tertiary/aromatic N) is 3. The first-order valence-electron chi connectivity index (χ1n) is 8.28. The van der Waals surface area contributed by atoms with Crippen molar-refractivity contribution < 1.29 is 15.0 Å². The van der Waals surface area contributed by atoms with E-state index in [0.717, 1.165) is 12.8 Å². The molecule has 1 aliphatic carbocycles. The number of rotatable bonds is 2. The highest BCUT2D eigenvalue weighted by Gasteiger charge is 2.26. The molecule has 0 saturated heterocycles. The van der Waals surface area contributed by atoms with Gasteiger partial charge in [0.05, 0.1) is 22.7 Å². The van der Waals surface area contributed by atoms with Gasteiger partial charge in [-0.05, 0) is 50.3 Å². The van der Waals surface area contributed by atoms with Gasteiger partial charge in [-0.2, -0.15) is 0 Å². The molecule has 2 heterocycles. The number of nitrogens with one attached hydrogen (secondary N) is 1. The van der Waals surface area contributed by atoms with Crippen LogP contribution in [-0.4, -0.2) is 41.9 Å². The first kappa shape index (κ1) is 15.8. The van der Waals surface area contributed by atoms with Crippen molar-refractivity contribution in [3.8, 4) is 0 Å². The van der Waals surface area contributed by atoms with Crippen LogP contribution in [0.5, 0.6) is 0 Å². The van der Waals surface area contributed by atoms with Gasteiger partial charge < -0.3 is 15.2 Å². The molecule has 1 saturated carbocycles. The number of aliphatic hydroxyl groups is 1. The Hall–Kier alpha value is -2.74. The maximum absolute atomic E-state index is 12.3. The molecule has 1 aromatic carbocycles. The van der Waals surface area contributed by atoms with Gasteiger partial charge in [-0.3, -0.25) is 9.20 Å². The standard InChI is InChI=1S/C17H18N4O4/c1-8-6-13-12(7-11(8)17(24)25)18-16(23)15-20-19-14(21(13)15)9-2-4-10(22)5-3-9/h6-7,9-10,22H,2-5H2,1H3,(H,18,23)(H,24,25). The second-order valence-corrected chi connectivity index (χ2v) is 6.67. The molecule has 1 aliphatic rings. The fraction of sp³-hybridized carbons (Fsp3) is 0.412. The molecule has 3 N–H and O–H groups in total. The number of benzene rings is 1. The molecule has 0 spiro atoms. The highest BCUT2D eigenvalue weighted by Crippen LogP contribution is 2.33. The summed E-state index contributed by atoms with van der Waals surface area (Å²) < 4.78 is 1.73. The molecule has 8 nitrogen and oxygen atoms in total. The van der Waals surface area contributed by atoms with Crippen LogP contribution in [0.25, 0.3) is 16.7 Å². The third-order valence-corrected chi connectivity index (χ3v) is 5.02. The van der Waals surface area contributed by atoms with E-state index in [-0.39, 0.29) is 23.2 Å². The lowest BCUT2D eigenvalue weighted by Gasteiger charge is -2.24. The van der Waals surface area contributed by atoms with Crippen LogP contribution in [0.2, 0.25) is 0 Å². The van der Waals surface area contributed by atoms with Crippen LogP contribution in [0.4, 0.5) is 0 Å². The highest BCUT2D eigenvalue weighted by molar-refractivity contribution is 5.94. The normalized spacial score (nSPS) is 21.0. The molecule has 3 aromatic rings. The van der Waals surface area contributed by atoms with Gasteiger partial charge in [0.15, 0.2) is 0 Å². The minimum Gasteiger partial charge on any atom is -0.478 e. The van der Waals surface area contributed by atoms with Crippen molar-refractivity contribution in [1.29, 1.82) is 0 Å². The monoisotopic (exact) mass is 342 g/mol. The second-order valence-electron chi connectivity index (χ2n) is 6.67. The third kappa shape index (κ3) is 2.49. The topological polar surface area (TPSA) is 121 Å². The quantitative estimate of drug-likeness (QED) is 0.650. The van der Waals surface area contributed by atoms with Gasteiger partial charge >= 0.3 is 5.97 Å². The predicted octanol–water partition coefficient (Wildman–Crippen LogP) is 1.60. The number of aromatic nitrogens is 4. The van der Waals surface area contributed by atoms with Crippen molar-refractivity contribution in [3.63, 3.8) is 0 Å². The SMILES string of the molecule is Cc1cc2c(cc1C(=O)O)[nH]c(=O)c1nnc(C3CCC(O)CC3)n12. The van der Waals surface area contributed by atoms with Crippen LogP contribution in [0.3, 0.4) is 0 Å². The van der Waals surface area contributed by atoms with E-state index in [1.807, 2.05) is 0 Å². The van der Waals surface area contributed by atoms with Gasteiger partial charge in [0.25, 0.3) is 5.56 Å². The lowest BCUT2D eigenvalue weighted by molar-refractivity contribution is 0.0696. The van der Waals surface area contributed by atoms with Crippen molar-refractivity contribution >= 4 is 22.6 Å². The summed E-state index contributed by atoms with van der Waals surface area (Å²) in [5, 5.41) is 27.3. The number of H-pyrrole nitrogens is 1. The maximum atomic E-state index is 12.3. The number of aryl methyl sites for hydroxylation is 1. The van der Waals surface area contributed by atoms with E-state index in [2.05, 4.69) is 15.2 Å². The summed E-state index contributed by atoms with van der Waals surface area (Å²) in [4.78, 5) is 26.4. The molecule has 1 fully saturated rings. The van der Waals surface area contributed by atoms with E-state index in [1.54, 1.807) is 17.4 Å². The number of carboxylic acid groups (broad SMARTS) is 1. The summed E-state index contributed by atoms with van der Waals surface area (Å²) in [7, 11) is 0. The molecule has 25 heavy (non-hydrogen) atoms. The summed E-state index contributed by atoms with van der Waals surface area (Å²) in [6, 6.07) is 3.22. The predicted molar refractivity (Wildman–Crippen MR) is 90.0 cm³/mol. The van der Waals surface area contributed by atoms with E-state index in [1.165, 1.54) is 6.07 Å². The van der Waals surface area contributed by atoms with Crippen molar-refractivity contribution in [2.75, 3.05) is 0 Å². The molecule has 0 bridgehead atoms. The van der Waals surface area contributed by atoms with Gasteiger partial charge in [0, 0.05) is 5.92 Å². The molecule has 0 atom stereocenters. The number of aromatic amines is 1. The van der Waals surface area contributed by atoms with Gasteiger partial charge in [-0.15, -0.1) is 10.2 Å². The Balaban J connectivity index is 1.98. The number of hydrogen-bond acceptors (Lipinski definition) is 5. The molecular weight excluding hydrogens is 324 g/mol. The Morgan fingerprint density at radius 1 is 1.24 bits per heavy atom. The van der Waals surface area contributed by atoms with Gasteiger partial charge in [-0.25, -0.2) is 4.79 Å². The van der Waals surface area contributed by atoms with Gasteiger partial charge in [-0.1, -0.05) is 0 Å². The molecule has 8 heteroatoms. The highest BCUT2D eigenvalue weighted by atomic mass is 16.4. The third-order valence-electron chi connectivity index (χ3n) is 5.02.